The third kappa shape index (κ3) is 3.91. The number of hydrogen-bond donors (Lipinski definition) is 0. The Morgan fingerprint density at radius 3 is 2.58 bits per heavy atom. The maximum absolute atomic E-state index is 11.9. The minimum Gasteiger partial charge on any atom is -0.426 e. The largest absolute Gasteiger partial charge is 0.426 e. The number of nitro groups is 1. The maximum Gasteiger partial charge on any atom is 0.321 e. The number of rotatable bonds is 5. The summed E-state index contributed by atoms with van der Waals surface area (Å²) in [7, 11) is 0. The van der Waals surface area contributed by atoms with Gasteiger partial charge in [0.15, 0.2) is 0 Å². The van der Waals surface area contributed by atoms with Gasteiger partial charge >= 0.3 is 5.97 Å². The van der Waals surface area contributed by atoms with Gasteiger partial charge in [-0.25, -0.2) is 0 Å². The zero-order valence-electron chi connectivity index (χ0n) is 12.5. The van der Waals surface area contributed by atoms with E-state index >= 15 is 0 Å². The molecule has 0 saturated heterocycles. The lowest BCUT2D eigenvalue weighted by Crippen LogP contribution is -2.10. The zero-order chi connectivity index (χ0) is 16.9. The molecule has 3 rings (SSSR count). The van der Waals surface area contributed by atoms with E-state index in [2.05, 4.69) is 0 Å². The van der Waals surface area contributed by atoms with Gasteiger partial charge in [0.05, 0.1) is 16.7 Å². The average Bonchev–Trinajstić information content (AvgIpc) is 2.60. The van der Waals surface area contributed by atoms with Gasteiger partial charge < -0.3 is 4.74 Å². The molecule has 3 aromatic carbocycles. The van der Waals surface area contributed by atoms with Crippen LogP contribution >= 0.6 is 11.8 Å². The van der Waals surface area contributed by atoms with Crippen molar-refractivity contribution in [3.8, 4) is 5.75 Å². The molecular formula is C18H13NO4S. The van der Waals surface area contributed by atoms with Crippen LogP contribution in [0, 0.1) is 10.1 Å². The summed E-state index contributed by atoms with van der Waals surface area (Å²) in [4.78, 5) is 23.1. The molecule has 0 aliphatic heterocycles. The molecule has 0 heterocycles. The normalized spacial score (nSPS) is 10.5. The minimum absolute atomic E-state index is 0.109. The lowest BCUT2D eigenvalue weighted by molar-refractivity contribution is -0.384. The molecule has 0 fully saturated rings. The van der Waals surface area contributed by atoms with Gasteiger partial charge in [0, 0.05) is 11.0 Å². The first-order chi connectivity index (χ1) is 11.6. The van der Waals surface area contributed by atoms with Gasteiger partial charge in [-0.2, -0.15) is 0 Å². The molecule has 0 aliphatic carbocycles. The first kappa shape index (κ1) is 16.0. The van der Waals surface area contributed by atoms with Gasteiger partial charge in [-0.05, 0) is 29.0 Å². The van der Waals surface area contributed by atoms with Crippen LogP contribution in [0.3, 0.4) is 0 Å². The van der Waals surface area contributed by atoms with E-state index in [0.717, 1.165) is 15.7 Å². The van der Waals surface area contributed by atoms with Crippen molar-refractivity contribution in [2.45, 2.75) is 4.90 Å². The second-order valence-electron chi connectivity index (χ2n) is 5.03. The molecule has 0 radical (unpaired) electrons. The predicted octanol–water partition coefficient (Wildman–Crippen LogP) is 4.45. The van der Waals surface area contributed by atoms with E-state index in [9.17, 15) is 14.9 Å². The lowest BCUT2D eigenvalue weighted by atomic mass is 10.1. The van der Waals surface area contributed by atoms with E-state index in [0.29, 0.717) is 0 Å². The summed E-state index contributed by atoms with van der Waals surface area (Å²) >= 11 is 1.36. The van der Waals surface area contributed by atoms with E-state index in [1.165, 1.54) is 36.0 Å². The Kier molecular flexibility index (Phi) is 4.77. The fourth-order valence-electron chi connectivity index (χ4n) is 2.22. The van der Waals surface area contributed by atoms with Gasteiger partial charge in [-0.15, -0.1) is 11.8 Å². The highest BCUT2D eigenvalue weighted by atomic mass is 32.2. The Hall–Kier alpha value is -2.86. The molecule has 0 saturated carbocycles. The number of hydrogen-bond acceptors (Lipinski definition) is 5. The standard InChI is InChI=1S/C18H13NO4S/c20-18(23-16-7-3-6-15(11-16)19(21)22)12-24-17-9-8-13-4-1-2-5-14(13)10-17/h1-11H,12H2. The molecule has 24 heavy (non-hydrogen) atoms. The smallest absolute Gasteiger partial charge is 0.321 e. The molecule has 0 N–H and O–H groups in total. The fourth-order valence-corrected chi connectivity index (χ4v) is 2.94. The van der Waals surface area contributed by atoms with Crippen LogP contribution in [0.1, 0.15) is 0 Å². The van der Waals surface area contributed by atoms with Gasteiger partial charge in [0.1, 0.15) is 5.75 Å². The van der Waals surface area contributed by atoms with Crippen molar-refractivity contribution in [2.24, 2.45) is 0 Å². The quantitative estimate of drug-likeness (QED) is 0.226. The third-order valence-electron chi connectivity index (χ3n) is 3.34. The summed E-state index contributed by atoms with van der Waals surface area (Å²) in [6.07, 6.45) is 0. The fraction of sp³-hybridized carbons (Fsp3) is 0.0556. The number of nitro benzene ring substituents is 1. The van der Waals surface area contributed by atoms with Gasteiger partial charge in [0.2, 0.25) is 0 Å². The third-order valence-corrected chi connectivity index (χ3v) is 4.31. The molecule has 6 heteroatoms. The highest BCUT2D eigenvalue weighted by Crippen LogP contribution is 2.24. The van der Waals surface area contributed by atoms with E-state index in [1.807, 2.05) is 42.5 Å². The number of thioether (sulfide) groups is 1. The Morgan fingerprint density at radius 1 is 1.00 bits per heavy atom. The predicted molar refractivity (Wildman–Crippen MR) is 93.4 cm³/mol. The average molecular weight is 339 g/mol. The minimum atomic E-state index is -0.527. The molecule has 0 atom stereocenters. The van der Waals surface area contributed by atoms with E-state index in [4.69, 9.17) is 4.74 Å². The summed E-state index contributed by atoms with van der Waals surface area (Å²) in [6.45, 7) is 0. The summed E-state index contributed by atoms with van der Waals surface area (Å²) in [6, 6.07) is 19.5. The molecular weight excluding hydrogens is 326 g/mol. The highest BCUT2D eigenvalue weighted by molar-refractivity contribution is 8.00. The molecule has 0 amide bonds. The maximum atomic E-state index is 11.9. The number of nitrogens with zero attached hydrogens (tertiary/aromatic N) is 1. The van der Waals surface area contributed by atoms with E-state index in [1.54, 1.807) is 0 Å². The molecule has 0 unspecified atom stereocenters. The second-order valence-corrected chi connectivity index (χ2v) is 6.07. The van der Waals surface area contributed by atoms with Crippen LogP contribution in [-0.2, 0) is 4.79 Å². The van der Waals surface area contributed by atoms with Gasteiger partial charge in [0.25, 0.3) is 5.69 Å². The zero-order valence-corrected chi connectivity index (χ0v) is 13.4. The molecule has 3 aromatic rings. The van der Waals surface area contributed by atoms with Crippen molar-refractivity contribution < 1.29 is 14.5 Å². The molecule has 5 nitrogen and oxygen atoms in total. The van der Waals surface area contributed by atoms with Crippen LogP contribution in [0.2, 0.25) is 0 Å². The number of benzene rings is 3. The van der Waals surface area contributed by atoms with Gasteiger partial charge in [-0.3, -0.25) is 14.9 Å². The molecule has 0 bridgehead atoms. The summed E-state index contributed by atoms with van der Waals surface area (Å²) in [5.41, 5.74) is -0.109. The van der Waals surface area contributed by atoms with Crippen LogP contribution in [0.4, 0.5) is 5.69 Å². The van der Waals surface area contributed by atoms with Crippen LogP contribution in [0.25, 0.3) is 10.8 Å². The first-order valence-electron chi connectivity index (χ1n) is 7.18. The number of esters is 1. The monoisotopic (exact) mass is 339 g/mol. The molecule has 120 valence electrons. The van der Waals surface area contributed by atoms with E-state index in [-0.39, 0.29) is 17.2 Å². The molecule has 0 aliphatic rings. The van der Waals surface area contributed by atoms with Gasteiger partial charge in [-0.1, -0.05) is 36.4 Å². The van der Waals surface area contributed by atoms with E-state index < -0.39 is 10.9 Å². The van der Waals surface area contributed by atoms with Crippen molar-refractivity contribution >= 4 is 34.2 Å². The second kappa shape index (κ2) is 7.14. The Morgan fingerprint density at radius 2 is 1.79 bits per heavy atom. The molecule has 0 spiro atoms. The summed E-state index contributed by atoms with van der Waals surface area (Å²) < 4.78 is 5.15. The number of fused-ring (bicyclic) bond motifs is 1. The number of carbonyl (C=O) groups is 1. The lowest BCUT2D eigenvalue weighted by Gasteiger charge is -2.05. The molecule has 0 aromatic heterocycles. The van der Waals surface area contributed by atoms with Crippen molar-refractivity contribution in [3.63, 3.8) is 0 Å². The van der Waals surface area contributed by atoms with Crippen LogP contribution in [0.15, 0.2) is 71.6 Å². The van der Waals surface area contributed by atoms with Crippen molar-refractivity contribution in [2.75, 3.05) is 5.75 Å². The van der Waals surface area contributed by atoms with Crippen molar-refractivity contribution in [1.29, 1.82) is 0 Å². The van der Waals surface area contributed by atoms with Crippen LogP contribution < -0.4 is 4.74 Å². The number of non-ortho nitro benzene ring substituents is 1. The SMILES string of the molecule is O=C(CSc1ccc2ccccc2c1)Oc1cccc([N+](=O)[O-])c1. The highest BCUT2D eigenvalue weighted by Gasteiger charge is 2.10. The Balaban J connectivity index is 1.62. The summed E-state index contributed by atoms with van der Waals surface area (Å²) in [5, 5.41) is 13.0. The van der Waals surface area contributed by atoms with Crippen molar-refractivity contribution in [1.82, 2.24) is 0 Å². The topological polar surface area (TPSA) is 69.4 Å². The van der Waals surface area contributed by atoms with Crippen LogP contribution in [-0.4, -0.2) is 16.6 Å². The number of carbonyl (C=O) groups excluding carboxylic acids is 1. The first-order valence-corrected chi connectivity index (χ1v) is 8.17. The Labute approximate surface area is 142 Å². The number of ether oxygens (including phenoxy) is 1. The Bertz CT molecular complexity index is 910. The van der Waals surface area contributed by atoms with Crippen LogP contribution in [0.5, 0.6) is 5.75 Å². The van der Waals surface area contributed by atoms with Crippen molar-refractivity contribution in [3.05, 3.63) is 76.8 Å². The summed E-state index contributed by atoms with van der Waals surface area (Å²) in [5.74, 6) is -0.150.